The summed E-state index contributed by atoms with van der Waals surface area (Å²) in [6.45, 7) is 0. The number of benzene rings is 2. The zero-order valence-electron chi connectivity index (χ0n) is 10.8. The summed E-state index contributed by atoms with van der Waals surface area (Å²) in [7, 11) is 0. The van der Waals surface area contributed by atoms with Crippen LogP contribution in [0.3, 0.4) is 0 Å². The molecule has 1 atom stereocenters. The van der Waals surface area contributed by atoms with E-state index in [1.165, 1.54) is 24.3 Å². The molecule has 0 aliphatic heterocycles. The first kappa shape index (κ1) is 15.7. The van der Waals surface area contributed by atoms with E-state index in [0.29, 0.717) is 17.0 Å². The van der Waals surface area contributed by atoms with E-state index in [4.69, 9.17) is 11.6 Å². The number of hydrogen-bond donors (Lipinski definition) is 1. The number of halogens is 4. The molecule has 0 fully saturated rings. The van der Waals surface area contributed by atoms with Gasteiger partial charge in [-0.25, -0.2) is 0 Å². The molecule has 0 amide bonds. The fraction of sp³-hybridized carbons (Fsp3) is 0.200. The fourth-order valence-electron chi connectivity index (χ4n) is 1.90. The van der Waals surface area contributed by atoms with E-state index >= 15 is 0 Å². The third-order valence-corrected chi connectivity index (χ3v) is 3.05. The second-order valence-electron chi connectivity index (χ2n) is 4.47. The molecular weight excluding hydrogens is 305 g/mol. The highest BCUT2D eigenvalue weighted by molar-refractivity contribution is 6.30. The normalized spacial score (nSPS) is 13.0. The lowest BCUT2D eigenvalue weighted by Crippen LogP contribution is -2.17. The van der Waals surface area contributed by atoms with E-state index in [1.54, 1.807) is 18.2 Å². The first-order valence-corrected chi connectivity index (χ1v) is 6.49. The van der Waals surface area contributed by atoms with Gasteiger partial charge >= 0.3 is 6.36 Å². The van der Waals surface area contributed by atoms with Gasteiger partial charge in [-0.2, -0.15) is 0 Å². The minimum atomic E-state index is -4.72. The molecule has 112 valence electrons. The van der Waals surface area contributed by atoms with Crippen LogP contribution in [0.1, 0.15) is 17.2 Å². The molecule has 0 radical (unpaired) electrons. The number of rotatable bonds is 4. The third-order valence-electron chi connectivity index (χ3n) is 2.82. The Bertz CT molecular complexity index is 597. The van der Waals surface area contributed by atoms with Gasteiger partial charge in [-0.05, 0) is 35.4 Å². The van der Waals surface area contributed by atoms with Crippen LogP contribution in [0, 0.1) is 0 Å². The molecule has 0 bridgehead atoms. The number of alkyl halides is 3. The van der Waals surface area contributed by atoms with Gasteiger partial charge < -0.3 is 9.84 Å². The van der Waals surface area contributed by atoms with Crippen LogP contribution in [0.25, 0.3) is 0 Å². The minimum absolute atomic E-state index is 0.318. The first-order valence-electron chi connectivity index (χ1n) is 6.12. The van der Waals surface area contributed by atoms with Crippen molar-refractivity contribution >= 4 is 11.6 Å². The van der Waals surface area contributed by atoms with Crippen molar-refractivity contribution in [2.24, 2.45) is 0 Å². The van der Waals surface area contributed by atoms with Gasteiger partial charge in [0.25, 0.3) is 0 Å². The maximum absolute atomic E-state index is 12.0. The van der Waals surface area contributed by atoms with Gasteiger partial charge in [0.2, 0.25) is 0 Å². The second kappa shape index (κ2) is 6.37. The molecule has 0 spiro atoms. The molecule has 0 saturated heterocycles. The fourth-order valence-corrected chi connectivity index (χ4v) is 2.11. The van der Waals surface area contributed by atoms with E-state index < -0.39 is 12.5 Å². The van der Waals surface area contributed by atoms with Crippen LogP contribution < -0.4 is 4.74 Å². The molecule has 0 saturated carbocycles. The van der Waals surface area contributed by atoms with Crippen molar-refractivity contribution < 1.29 is 23.0 Å². The molecule has 1 N–H and O–H groups in total. The summed E-state index contributed by atoms with van der Waals surface area (Å²) in [5.41, 5.74) is 1.34. The van der Waals surface area contributed by atoms with Crippen LogP contribution in [-0.2, 0) is 6.42 Å². The topological polar surface area (TPSA) is 29.5 Å². The lowest BCUT2D eigenvalue weighted by Gasteiger charge is -2.13. The molecule has 2 rings (SSSR count). The molecule has 0 aromatic heterocycles. The van der Waals surface area contributed by atoms with Crippen molar-refractivity contribution in [3.8, 4) is 5.75 Å². The Morgan fingerprint density at radius 2 is 1.76 bits per heavy atom. The highest BCUT2D eigenvalue weighted by atomic mass is 35.5. The summed E-state index contributed by atoms with van der Waals surface area (Å²) in [5.74, 6) is -0.318. The molecule has 6 heteroatoms. The molecule has 2 nitrogen and oxygen atoms in total. The van der Waals surface area contributed by atoms with Crippen LogP contribution in [0.5, 0.6) is 5.75 Å². The van der Waals surface area contributed by atoms with E-state index in [-0.39, 0.29) is 5.75 Å². The summed E-state index contributed by atoms with van der Waals surface area (Å²) in [5, 5.41) is 10.6. The number of hydrogen-bond acceptors (Lipinski definition) is 2. The molecule has 2 aromatic carbocycles. The molecule has 0 aliphatic rings. The van der Waals surface area contributed by atoms with Crippen LogP contribution >= 0.6 is 11.6 Å². The SMILES string of the molecule is OC(Cc1cccc(Cl)c1)c1ccc(OC(F)(F)F)cc1. The van der Waals surface area contributed by atoms with Gasteiger partial charge in [0, 0.05) is 11.4 Å². The van der Waals surface area contributed by atoms with Gasteiger partial charge in [0.05, 0.1) is 6.10 Å². The van der Waals surface area contributed by atoms with Gasteiger partial charge in [-0.15, -0.1) is 13.2 Å². The Balaban J connectivity index is 2.04. The lowest BCUT2D eigenvalue weighted by atomic mass is 10.0. The van der Waals surface area contributed by atoms with Crippen molar-refractivity contribution in [3.63, 3.8) is 0 Å². The summed E-state index contributed by atoms with van der Waals surface area (Å²) in [6.07, 6.45) is -5.23. The molecule has 0 heterocycles. The number of ether oxygens (including phenoxy) is 1. The van der Waals surface area contributed by atoms with E-state index in [9.17, 15) is 18.3 Å². The molecule has 0 aliphatic carbocycles. The van der Waals surface area contributed by atoms with Gasteiger partial charge in [-0.1, -0.05) is 35.9 Å². The highest BCUT2D eigenvalue weighted by Crippen LogP contribution is 2.26. The van der Waals surface area contributed by atoms with Crippen LogP contribution in [0.2, 0.25) is 5.02 Å². The number of aliphatic hydroxyl groups excluding tert-OH is 1. The quantitative estimate of drug-likeness (QED) is 0.899. The Morgan fingerprint density at radius 3 is 2.33 bits per heavy atom. The lowest BCUT2D eigenvalue weighted by molar-refractivity contribution is -0.274. The predicted molar refractivity (Wildman–Crippen MR) is 73.2 cm³/mol. The van der Waals surface area contributed by atoms with E-state index in [2.05, 4.69) is 4.74 Å². The third kappa shape index (κ3) is 4.95. The maximum atomic E-state index is 12.0. The second-order valence-corrected chi connectivity index (χ2v) is 4.90. The zero-order valence-corrected chi connectivity index (χ0v) is 11.5. The Morgan fingerprint density at radius 1 is 1.10 bits per heavy atom. The Labute approximate surface area is 124 Å². The Hall–Kier alpha value is -1.72. The minimum Gasteiger partial charge on any atom is -0.406 e. The Kier molecular flexibility index (Phi) is 4.75. The van der Waals surface area contributed by atoms with Crippen LogP contribution in [0.15, 0.2) is 48.5 Å². The molecule has 1 unspecified atom stereocenters. The maximum Gasteiger partial charge on any atom is 0.573 e. The molecular formula is C15H12ClF3O2. The highest BCUT2D eigenvalue weighted by Gasteiger charge is 2.31. The van der Waals surface area contributed by atoms with Gasteiger partial charge in [0.1, 0.15) is 5.75 Å². The van der Waals surface area contributed by atoms with Crippen molar-refractivity contribution in [1.82, 2.24) is 0 Å². The molecule has 21 heavy (non-hydrogen) atoms. The van der Waals surface area contributed by atoms with Crippen molar-refractivity contribution in [1.29, 1.82) is 0 Å². The monoisotopic (exact) mass is 316 g/mol. The summed E-state index contributed by atoms with van der Waals surface area (Å²) >= 11 is 5.85. The van der Waals surface area contributed by atoms with Crippen LogP contribution in [-0.4, -0.2) is 11.5 Å². The summed E-state index contributed by atoms with van der Waals surface area (Å²) < 4.78 is 39.9. The van der Waals surface area contributed by atoms with Crippen molar-refractivity contribution in [2.75, 3.05) is 0 Å². The summed E-state index contributed by atoms with van der Waals surface area (Å²) in [6, 6.07) is 12.2. The zero-order chi connectivity index (χ0) is 15.5. The van der Waals surface area contributed by atoms with Crippen LogP contribution in [0.4, 0.5) is 13.2 Å². The summed E-state index contributed by atoms with van der Waals surface area (Å²) in [4.78, 5) is 0. The predicted octanol–water partition coefficient (Wildman–Crippen LogP) is 4.51. The average molecular weight is 317 g/mol. The van der Waals surface area contributed by atoms with Crippen molar-refractivity contribution in [2.45, 2.75) is 18.9 Å². The van der Waals surface area contributed by atoms with Gasteiger partial charge in [-0.3, -0.25) is 0 Å². The average Bonchev–Trinajstić information content (AvgIpc) is 2.37. The molecule has 2 aromatic rings. The first-order chi connectivity index (χ1) is 9.83. The smallest absolute Gasteiger partial charge is 0.406 e. The van der Waals surface area contributed by atoms with Gasteiger partial charge in [0.15, 0.2) is 0 Å². The largest absolute Gasteiger partial charge is 0.573 e. The van der Waals surface area contributed by atoms with Crippen molar-refractivity contribution in [3.05, 3.63) is 64.7 Å². The van der Waals surface area contributed by atoms with E-state index in [0.717, 1.165) is 5.56 Å². The standard InChI is InChI=1S/C15H12ClF3O2/c16-12-3-1-2-10(8-12)9-14(20)11-4-6-13(7-5-11)21-15(17,18)19/h1-8,14,20H,9H2. The van der Waals surface area contributed by atoms with E-state index in [1.807, 2.05) is 6.07 Å². The number of aliphatic hydroxyl groups is 1.